The minimum Gasteiger partial charge on any atom is -0.311 e. The molecule has 0 aliphatic carbocycles. The molecule has 4 atom stereocenters. The van der Waals surface area contributed by atoms with Gasteiger partial charge in [-0.1, -0.05) is 13.8 Å². The maximum Gasteiger partial charge on any atom is 0.0286 e. The van der Waals surface area contributed by atoms with Gasteiger partial charge in [-0.15, -0.1) is 0 Å². The van der Waals surface area contributed by atoms with Crippen LogP contribution >= 0.6 is 11.8 Å². The van der Waals surface area contributed by atoms with E-state index in [0.717, 1.165) is 23.9 Å². The normalized spacial score (nSPS) is 42.2. The first kappa shape index (κ1) is 12.7. The molecular weight excluding hydrogens is 216 g/mol. The van der Waals surface area contributed by atoms with Crippen molar-refractivity contribution in [2.45, 2.75) is 39.3 Å². The van der Waals surface area contributed by atoms with Crippen LogP contribution in [0.5, 0.6) is 0 Å². The molecule has 2 aliphatic rings. The highest BCUT2D eigenvalue weighted by atomic mass is 32.2. The van der Waals surface area contributed by atoms with Gasteiger partial charge in [0.05, 0.1) is 0 Å². The summed E-state index contributed by atoms with van der Waals surface area (Å²) in [6.45, 7) is 11.0. The Labute approximate surface area is 105 Å². The Morgan fingerprint density at radius 3 is 2.81 bits per heavy atom. The monoisotopic (exact) mass is 242 g/mol. The molecule has 0 amide bonds. The number of nitrogens with zero attached hydrogens (tertiary/aromatic N) is 1. The summed E-state index contributed by atoms with van der Waals surface area (Å²) in [6, 6.07) is 1.49. The van der Waals surface area contributed by atoms with E-state index in [-0.39, 0.29) is 0 Å². The Morgan fingerprint density at radius 2 is 2.12 bits per heavy atom. The fourth-order valence-electron chi connectivity index (χ4n) is 3.09. The third kappa shape index (κ3) is 3.14. The first-order chi connectivity index (χ1) is 7.66. The van der Waals surface area contributed by atoms with Crippen LogP contribution in [0.2, 0.25) is 0 Å². The molecule has 2 fully saturated rings. The summed E-state index contributed by atoms with van der Waals surface area (Å²) < 4.78 is 0. The van der Waals surface area contributed by atoms with Crippen molar-refractivity contribution in [3.05, 3.63) is 0 Å². The van der Waals surface area contributed by atoms with Crippen molar-refractivity contribution < 1.29 is 0 Å². The van der Waals surface area contributed by atoms with Crippen molar-refractivity contribution in [3.63, 3.8) is 0 Å². The molecule has 2 rings (SSSR count). The molecule has 0 spiro atoms. The largest absolute Gasteiger partial charge is 0.311 e. The third-order valence-electron chi connectivity index (χ3n) is 4.17. The van der Waals surface area contributed by atoms with E-state index in [4.69, 9.17) is 0 Å². The summed E-state index contributed by atoms with van der Waals surface area (Å²) in [5, 5.41) is 3.65. The zero-order valence-corrected chi connectivity index (χ0v) is 11.7. The fraction of sp³-hybridized carbons (Fsp3) is 1.00. The summed E-state index contributed by atoms with van der Waals surface area (Å²) in [5.41, 5.74) is 0. The topological polar surface area (TPSA) is 15.3 Å². The molecule has 0 radical (unpaired) electrons. The molecule has 4 unspecified atom stereocenters. The standard InChI is InChI=1S/C13H26N2S/c1-10-6-11(2)12(3)15(7-10)8-13-9-16-5-4-14-13/h10-14H,4-9H2,1-3H3. The van der Waals surface area contributed by atoms with Gasteiger partial charge in [0, 0.05) is 43.2 Å². The van der Waals surface area contributed by atoms with Crippen molar-refractivity contribution in [2.24, 2.45) is 11.8 Å². The maximum atomic E-state index is 3.65. The van der Waals surface area contributed by atoms with E-state index in [2.05, 4.69) is 42.7 Å². The zero-order valence-electron chi connectivity index (χ0n) is 10.9. The first-order valence-corrected chi connectivity index (χ1v) is 7.87. The van der Waals surface area contributed by atoms with E-state index in [0.29, 0.717) is 0 Å². The van der Waals surface area contributed by atoms with Crippen molar-refractivity contribution >= 4 is 11.8 Å². The van der Waals surface area contributed by atoms with Crippen LogP contribution in [-0.4, -0.2) is 48.1 Å². The average molecular weight is 242 g/mol. The Hall–Kier alpha value is 0.270. The van der Waals surface area contributed by atoms with Crippen LogP contribution in [0.25, 0.3) is 0 Å². The zero-order chi connectivity index (χ0) is 11.5. The van der Waals surface area contributed by atoms with Gasteiger partial charge in [-0.25, -0.2) is 0 Å². The molecule has 0 saturated carbocycles. The predicted octanol–water partition coefficient (Wildman–Crippen LogP) is 2.06. The SMILES string of the molecule is CC1CC(C)C(C)N(CC2CSCCN2)C1. The molecule has 0 bridgehead atoms. The van der Waals surface area contributed by atoms with E-state index >= 15 is 0 Å². The highest BCUT2D eigenvalue weighted by molar-refractivity contribution is 7.99. The molecular formula is C13H26N2S. The lowest BCUT2D eigenvalue weighted by atomic mass is 9.86. The van der Waals surface area contributed by atoms with Crippen LogP contribution < -0.4 is 5.32 Å². The second kappa shape index (κ2) is 5.74. The van der Waals surface area contributed by atoms with E-state index < -0.39 is 0 Å². The molecule has 16 heavy (non-hydrogen) atoms. The maximum absolute atomic E-state index is 3.65. The van der Waals surface area contributed by atoms with Crippen LogP contribution in [-0.2, 0) is 0 Å². The molecule has 3 heteroatoms. The summed E-state index contributed by atoms with van der Waals surface area (Å²) in [7, 11) is 0. The number of hydrogen-bond acceptors (Lipinski definition) is 3. The first-order valence-electron chi connectivity index (χ1n) is 6.72. The fourth-order valence-corrected chi connectivity index (χ4v) is 4.03. The lowest BCUT2D eigenvalue weighted by molar-refractivity contribution is 0.0725. The van der Waals surface area contributed by atoms with Crippen molar-refractivity contribution in [3.8, 4) is 0 Å². The number of likely N-dealkylation sites (tertiary alicyclic amines) is 1. The number of thioether (sulfide) groups is 1. The van der Waals surface area contributed by atoms with Gasteiger partial charge in [0.1, 0.15) is 0 Å². The molecule has 94 valence electrons. The minimum absolute atomic E-state index is 0.721. The lowest BCUT2D eigenvalue weighted by Crippen LogP contribution is -2.53. The van der Waals surface area contributed by atoms with Crippen LogP contribution in [0.4, 0.5) is 0 Å². The second-order valence-corrected chi connectivity index (χ2v) is 6.89. The highest BCUT2D eigenvalue weighted by Gasteiger charge is 2.30. The number of rotatable bonds is 2. The van der Waals surface area contributed by atoms with Gasteiger partial charge in [-0.05, 0) is 25.2 Å². The Balaban J connectivity index is 1.86. The number of nitrogens with one attached hydrogen (secondary N) is 1. The molecule has 0 aromatic heterocycles. The van der Waals surface area contributed by atoms with Gasteiger partial charge in [-0.2, -0.15) is 11.8 Å². The third-order valence-corrected chi connectivity index (χ3v) is 5.30. The predicted molar refractivity (Wildman–Crippen MR) is 73.1 cm³/mol. The average Bonchev–Trinajstić information content (AvgIpc) is 2.27. The molecule has 2 nitrogen and oxygen atoms in total. The van der Waals surface area contributed by atoms with Gasteiger partial charge in [-0.3, -0.25) is 4.90 Å². The molecule has 0 aromatic rings. The van der Waals surface area contributed by atoms with E-state index in [1.54, 1.807) is 0 Å². The molecule has 2 saturated heterocycles. The minimum atomic E-state index is 0.721. The summed E-state index contributed by atoms with van der Waals surface area (Å²) >= 11 is 2.11. The van der Waals surface area contributed by atoms with Crippen LogP contribution in [0.3, 0.4) is 0 Å². The lowest BCUT2D eigenvalue weighted by Gasteiger charge is -2.43. The number of hydrogen-bond donors (Lipinski definition) is 1. The van der Waals surface area contributed by atoms with Crippen molar-refractivity contribution in [1.29, 1.82) is 0 Å². The smallest absolute Gasteiger partial charge is 0.0286 e. The molecule has 0 aromatic carbocycles. The Bertz CT molecular complexity index is 216. The second-order valence-electron chi connectivity index (χ2n) is 5.74. The van der Waals surface area contributed by atoms with Gasteiger partial charge < -0.3 is 5.32 Å². The highest BCUT2D eigenvalue weighted by Crippen LogP contribution is 2.27. The van der Waals surface area contributed by atoms with Crippen molar-refractivity contribution in [1.82, 2.24) is 10.2 Å². The van der Waals surface area contributed by atoms with Gasteiger partial charge in [0.2, 0.25) is 0 Å². The summed E-state index contributed by atoms with van der Waals surface area (Å²) in [6.07, 6.45) is 1.41. The van der Waals surface area contributed by atoms with E-state index in [9.17, 15) is 0 Å². The van der Waals surface area contributed by atoms with E-state index in [1.807, 2.05) is 0 Å². The van der Waals surface area contributed by atoms with Gasteiger partial charge in [0.25, 0.3) is 0 Å². The summed E-state index contributed by atoms with van der Waals surface area (Å²) in [5.74, 6) is 4.33. The van der Waals surface area contributed by atoms with Crippen molar-refractivity contribution in [2.75, 3.05) is 31.1 Å². The van der Waals surface area contributed by atoms with Crippen LogP contribution in [0.1, 0.15) is 27.2 Å². The van der Waals surface area contributed by atoms with E-state index in [1.165, 1.54) is 37.6 Å². The molecule has 2 heterocycles. The Morgan fingerprint density at radius 1 is 1.31 bits per heavy atom. The van der Waals surface area contributed by atoms with Crippen LogP contribution in [0.15, 0.2) is 0 Å². The molecule has 2 aliphatic heterocycles. The molecule has 1 N–H and O–H groups in total. The Kier molecular flexibility index (Phi) is 4.57. The van der Waals surface area contributed by atoms with Crippen LogP contribution in [0, 0.1) is 11.8 Å². The van der Waals surface area contributed by atoms with Gasteiger partial charge >= 0.3 is 0 Å². The van der Waals surface area contributed by atoms with Gasteiger partial charge in [0.15, 0.2) is 0 Å². The summed E-state index contributed by atoms with van der Waals surface area (Å²) in [4.78, 5) is 2.71. The quantitative estimate of drug-likeness (QED) is 0.798. The number of piperidine rings is 1.